The molecule has 0 aliphatic rings. The van der Waals surface area contributed by atoms with Crippen molar-refractivity contribution >= 4 is 22.4 Å². The number of benzene rings is 5. The summed E-state index contributed by atoms with van der Waals surface area (Å²) < 4.78 is 0. The Hall–Kier alpha value is -4.34. The van der Waals surface area contributed by atoms with E-state index in [2.05, 4.69) is 88.8 Å². The van der Waals surface area contributed by atoms with Gasteiger partial charge < -0.3 is 0 Å². The summed E-state index contributed by atoms with van der Waals surface area (Å²) in [4.78, 5) is 13.7. The van der Waals surface area contributed by atoms with E-state index in [4.69, 9.17) is 16.6 Å². The minimum absolute atomic E-state index is 0.175. The van der Waals surface area contributed by atoms with Gasteiger partial charge in [0.1, 0.15) is 0 Å². The monoisotopic (exact) mass is 469 g/mol. The zero-order valence-corrected chi connectivity index (χ0v) is 19.5. The summed E-state index contributed by atoms with van der Waals surface area (Å²) in [6, 6.07) is 41.4. The molecule has 0 radical (unpaired) electrons. The summed E-state index contributed by atoms with van der Waals surface area (Å²) >= 11 is 6.38. The van der Waals surface area contributed by atoms with E-state index in [1.165, 1.54) is 11.1 Å². The highest BCUT2D eigenvalue weighted by atomic mass is 35.5. The maximum absolute atomic E-state index is 6.38. The predicted molar refractivity (Wildman–Crippen MR) is 144 cm³/mol. The molecule has 6 rings (SSSR count). The normalized spacial score (nSPS) is 11.0. The van der Waals surface area contributed by atoms with Crippen LogP contribution in [0.5, 0.6) is 0 Å². The van der Waals surface area contributed by atoms with Gasteiger partial charge in [0, 0.05) is 11.1 Å². The molecule has 4 heteroatoms. The molecule has 1 heterocycles. The topological polar surface area (TPSA) is 38.7 Å². The van der Waals surface area contributed by atoms with Crippen LogP contribution in [0.15, 0.2) is 121 Å². The molecule has 0 spiro atoms. The van der Waals surface area contributed by atoms with Crippen LogP contribution >= 0.6 is 11.6 Å². The Bertz CT molecular complexity index is 1660. The first kappa shape index (κ1) is 21.2. The van der Waals surface area contributed by atoms with E-state index in [-0.39, 0.29) is 5.28 Å². The van der Waals surface area contributed by atoms with Gasteiger partial charge in [-0.15, -0.1) is 0 Å². The van der Waals surface area contributed by atoms with E-state index < -0.39 is 0 Å². The maximum atomic E-state index is 6.38. The molecular formula is C31H20ClN3. The molecule has 0 N–H and O–H groups in total. The molecule has 6 aromatic rings. The van der Waals surface area contributed by atoms with E-state index in [9.17, 15) is 0 Å². The average molecular weight is 470 g/mol. The van der Waals surface area contributed by atoms with Crippen molar-refractivity contribution in [2.75, 3.05) is 0 Å². The number of halogens is 1. The molecule has 5 aromatic carbocycles. The minimum atomic E-state index is 0.175. The molecule has 3 nitrogen and oxygen atoms in total. The van der Waals surface area contributed by atoms with Crippen LogP contribution in [0.1, 0.15) is 0 Å². The number of rotatable bonds is 4. The summed E-state index contributed by atoms with van der Waals surface area (Å²) in [6.45, 7) is 0. The lowest BCUT2D eigenvalue weighted by Gasteiger charge is -2.10. The number of aromatic nitrogens is 3. The first-order valence-corrected chi connectivity index (χ1v) is 11.8. The Kier molecular flexibility index (Phi) is 5.53. The van der Waals surface area contributed by atoms with Crippen LogP contribution in [-0.2, 0) is 0 Å². The molecule has 0 fully saturated rings. The first-order valence-electron chi connectivity index (χ1n) is 11.4. The molecule has 166 valence electrons. The third-order valence-corrected chi connectivity index (χ3v) is 6.23. The molecule has 0 aliphatic heterocycles. The third kappa shape index (κ3) is 4.30. The molecule has 0 unspecified atom stereocenters. The molecule has 1 aromatic heterocycles. The van der Waals surface area contributed by atoms with Crippen LogP contribution in [0.4, 0.5) is 0 Å². The van der Waals surface area contributed by atoms with E-state index in [1.54, 1.807) is 0 Å². The second-order valence-corrected chi connectivity index (χ2v) is 8.64. The lowest BCUT2D eigenvalue weighted by molar-refractivity contribution is 1.07. The van der Waals surface area contributed by atoms with Gasteiger partial charge in [0.2, 0.25) is 5.28 Å². The Balaban J connectivity index is 1.42. The van der Waals surface area contributed by atoms with Gasteiger partial charge in [-0.25, -0.2) is 4.98 Å². The van der Waals surface area contributed by atoms with Crippen molar-refractivity contribution in [3.63, 3.8) is 0 Å². The highest BCUT2D eigenvalue weighted by molar-refractivity contribution is 6.28. The van der Waals surface area contributed by atoms with Gasteiger partial charge in [-0.1, -0.05) is 109 Å². The highest BCUT2D eigenvalue weighted by Gasteiger charge is 2.13. The van der Waals surface area contributed by atoms with Crippen LogP contribution in [0.3, 0.4) is 0 Å². The standard InChI is InChI=1S/C31H20ClN3/c32-31-34-29(33-30(35-31)28-18-8-12-22-11-4-5-17-27(22)28)26-16-7-15-25(20-26)24-14-6-13-23(19-24)21-9-2-1-3-10-21/h1-20H. The predicted octanol–water partition coefficient (Wildman–Crippen LogP) is 8.35. The van der Waals surface area contributed by atoms with Crippen molar-refractivity contribution in [2.24, 2.45) is 0 Å². The van der Waals surface area contributed by atoms with E-state index in [1.807, 2.05) is 42.5 Å². The molecule has 0 saturated heterocycles. The van der Waals surface area contributed by atoms with E-state index in [0.29, 0.717) is 11.6 Å². The van der Waals surface area contributed by atoms with Crippen molar-refractivity contribution in [3.05, 3.63) is 127 Å². The smallest absolute Gasteiger partial charge is 0.208 e. The van der Waals surface area contributed by atoms with Crippen LogP contribution in [0.2, 0.25) is 5.28 Å². The van der Waals surface area contributed by atoms with Gasteiger partial charge in [-0.3, -0.25) is 0 Å². The molecule has 0 bridgehead atoms. The number of fused-ring (bicyclic) bond motifs is 1. The quantitative estimate of drug-likeness (QED) is 0.260. The Morgan fingerprint density at radius 3 is 1.77 bits per heavy atom. The zero-order chi connectivity index (χ0) is 23.6. The van der Waals surface area contributed by atoms with Crippen LogP contribution < -0.4 is 0 Å². The third-order valence-electron chi connectivity index (χ3n) is 6.06. The Morgan fingerprint density at radius 1 is 0.429 bits per heavy atom. The van der Waals surface area contributed by atoms with Crippen molar-refractivity contribution in [1.82, 2.24) is 15.0 Å². The number of nitrogens with zero attached hydrogens (tertiary/aromatic N) is 3. The fourth-order valence-electron chi connectivity index (χ4n) is 4.37. The first-order chi connectivity index (χ1) is 17.2. The molecular weight excluding hydrogens is 450 g/mol. The van der Waals surface area contributed by atoms with Gasteiger partial charge in [-0.05, 0) is 56.8 Å². The zero-order valence-electron chi connectivity index (χ0n) is 18.8. The minimum Gasteiger partial charge on any atom is -0.208 e. The van der Waals surface area contributed by atoms with Crippen molar-refractivity contribution in [3.8, 4) is 45.0 Å². The van der Waals surface area contributed by atoms with Gasteiger partial charge in [0.05, 0.1) is 0 Å². The Labute approximate surface area is 208 Å². The summed E-state index contributed by atoms with van der Waals surface area (Å²) in [7, 11) is 0. The lowest BCUT2D eigenvalue weighted by Crippen LogP contribution is -1.98. The average Bonchev–Trinajstić information content (AvgIpc) is 2.93. The maximum Gasteiger partial charge on any atom is 0.226 e. The Morgan fingerprint density at radius 2 is 0.971 bits per heavy atom. The largest absolute Gasteiger partial charge is 0.226 e. The van der Waals surface area contributed by atoms with Gasteiger partial charge in [0.25, 0.3) is 0 Å². The van der Waals surface area contributed by atoms with Crippen LogP contribution in [0, 0.1) is 0 Å². The number of hydrogen-bond donors (Lipinski definition) is 0. The summed E-state index contributed by atoms with van der Waals surface area (Å²) in [6.07, 6.45) is 0. The van der Waals surface area contributed by atoms with Gasteiger partial charge in [0.15, 0.2) is 11.6 Å². The second kappa shape index (κ2) is 9.13. The fourth-order valence-corrected chi connectivity index (χ4v) is 4.53. The molecule has 0 saturated carbocycles. The van der Waals surface area contributed by atoms with Crippen molar-refractivity contribution in [2.45, 2.75) is 0 Å². The number of hydrogen-bond acceptors (Lipinski definition) is 3. The molecule has 0 atom stereocenters. The van der Waals surface area contributed by atoms with Crippen LogP contribution in [-0.4, -0.2) is 15.0 Å². The van der Waals surface area contributed by atoms with Crippen molar-refractivity contribution < 1.29 is 0 Å². The molecule has 0 amide bonds. The van der Waals surface area contributed by atoms with E-state index in [0.717, 1.165) is 33.0 Å². The lowest BCUT2D eigenvalue weighted by atomic mass is 9.98. The second-order valence-electron chi connectivity index (χ2n) is 8.31. The summed E-state index contributed by atoms with van der Waals surface area (Å²) in [5.74, 6) is 1.11. The van der Waals surface area contributed by atoms with E-state index >= 15 is 0 Å². The van der Waals surface area contributed by atoms with Gasteiger partial charge in [-0.2, -0.15) is 9.97 Å². The SMILES string of the molecule is Clc1nc(-c2cccc(-c3cccc(-c4ccccc4)c3)c2)nc(-c2cccc3ccccc23)n1. The highest BCUT2D eigenvalue weighted by Crippen LogP contribution is 2.31. The fraction of sp³-hybridized carbons (Fsp3) is 0. The van der Waals surface area contributed by atoms with Crippen molar-refractivity contribution in [1.29, 1.82) is 0 Å². The molecule has 0 aliphatic carbocycles. The van der Waals surface area contributed by atoms with Crippen LogP contribution in [0.25, 0.3) is 55.8 Å². The summed E-state index contributed by atoms with van der Waals surface area (Å²) in [5.41, 5.74) is 6.40. The summed E-state index contributed by atoms with van der Waals surface area (Å²) in [5, 5.41) is 2.38. The van der Waals surface area contributed by atoms with Gasteiger partial charge >= 0.3 is 0 Å². The molecule has 35 heavy (non-hydrogen) atoms.